The molecule has 0 bridgehead atoms. The molecule has 0 aromatic heterocycles. The maximum Gasteiger partial charge on any atom is 0.0825 e. The van der Waals surface area contributed by atoms with Gasteiger partial charge in [-0.25, -0.2) is 0 Å². The van der Waals surface area contributed by atoms with Crippen LogP contribution < -0.4 is 10.2 Å². The Labute approximate surface area is 137 Å². The fourth-order valence-electron chi connectivity index (χ4n) is 3.54. The van der Waals surface area contributed by atoms with Crippen molar-refractivity contribution in [3.8, 4) is 0 Å². The van der Waals surface area contributed by atoms with Crippen molar-refractivity contribution >= 4 is 28.9 Å². The van der Waals surface area contributed by atoms with E-state index in [4.69, 9.17) is 23.2 Å². The minimum Gasteiger partial charge on any atom is -0.364 e. The average Bonchev–Trinajstić information content (AvgIpc) is 3.26. The summed E-state index contributed by atoms with van der Waals surface area (Å²) in [5.41, 5.74) is 1.27. The van der Waals surface area contributed by atoms with Crippen molar-refractivity contribution < 1.29 is 0 Å². The van der Waals surface area contributed by atoms with Crippen LogP contribution in [0.25, 0.3) is 0 Å². The standard InChI is InChI=1S/C17H24Cl2N2/c1-11(2)15-9-20-17(3,12-7-8-12)10-21(15)14-6-4-5-13(18)16(14)19/h4-6,11-12,15,20H,7-10H2,1-3H3. The topological polar surface area (TPSA) is 15.3 Å². The summed E-state index contributed by atoms with van der Waals surface area (Å²) in [6.45, 7) is 8.91. The molecule has 2 unspecified atom stereocenters. The summed E-state index contributed by atoms with van der Waals surface area (Å²) < 4.78 is 0. The van der Waals surface area contributed by atoms with Crippen LogP contribution in [0.5, 0.6) is 0 Å². The molecule has 2 aliphatic rings. The maximum absolute atomic E-state index is 6.49. The lowest BCUT2D eigenvalue weighted by atomic mass is 9.87. The quantitative estimate of drug-likeness (QED) is 0.873. The molecule has 0 radical (unpaired) electrons. The Hall–Kier alpha value is -0.440. The van der Waals surface area contributed by atoms with E-state index in [0.717, 1.165) is 24.7 Å². The van der Waals surface area contributed by atoms with Crippen molar-refractivity contribution in [2.75, 3.05) is 18.0 Å². The van der Waals surface area contributed by atoms with E-state index in [1.807, 2.05) is 12.1 Å². The first kappa shape index (κ1) is 15.5. The first-order valence-electron chi connectivity index (χ1n) is 7.88. The van der Waals surface area contributed by atoms with Crippen LogP contribution in [0.15, 0.2) is 18.2 Å². The molecule has 0 spiro atoms. The highest BCUT2D eigenvalue weighted by molar-refractivity contribution is 6.43. The molecule has 1 N–H and O–H groups in total. The van der Waals surface area contributed by atoms with E-state index in [0.29, 0.717) is 22.0 Å². The summed E-state index contributed by atoms with van der Waals surface area (Å²) in [7, 11) is 0. The number of hydrogen-bond donors (Lipinski definition) is 1. The second kappa shape index (κ2) is 5.64. The van der Waals surface area contributed by atoms with Gasteiger partial charge in [0.25, 0.3) is 0 Å². The lowest BCUT2D eigenvalue weighted by molar-refractivity contribution is 0.233. The van der Waals surface area contributed by atoms with Gasteiger partial charge in [-0.05, 0) is 43.7 Å². The van der Waals surface area contributed by atoms with Crippen LogP contribution in [0.3, 0.4) is 0 Å². The molecule has 3 rings (SSSR count). The highest BCUT2D eigenvalue weighted by Gasteiger charge is 2.46. The molecule has 2 fully saturated rings. The summed E-state index contributed by atoms with van der Waals surface area (Å²) >= 11 is 12.7. The van der Waals surface area contributed by atoms with Crippen molar-refractivity contribution in [2.24, 2.45) is 11.8 Å². The number of piperazine rings is 1. The van der Waals surface area contributed by atoms with Gasteiger partial charge in [0.15, 0.2) is 0 Å². The van der Waals surface area contributed by atoms with Gasteiger partial charge in [-0.1, -0.05) is 43.1 Å². The van der Waals surface area contributed by atoms with E-state index < -0.39 is 0 Å². The van der Waals surface area contributed by atoms with E-state index >= 15 is 0 Å². The van der Waals surface area contributed by atoms with E-state index in [1.165, 1.54) is 12.8 Å². The van der Waals surface area contributed by atoms with Gasteiger partial charge in [0.1, 0.15) is 0 Å². The number of anilines is 1. The third kappa shape index (κ3) is 2.91. The summed E-state index contributed by atoms with van der Waals surface area (Å²) in [5.74, 6) is 1.36. The van der Waals surface area contributed by atoms with Crippen LogP contribution in [-0.4, -0.2) is 24.7 Å². The van der Waals surface area contributed by atoms with E-state index in [1.54, 1.807) is 0 Å². The number of nitrogens with one attached hydrogen (secondary N) is 1. The molecular formula is C17H24Cl2N2. The van der Waals surface area contributed by atoms with E-state index in [-0.39, 0.29) is 5.54 Å². The molecular weight excluding hydrogens is 303 g/mol. The molecule has 1 heterocycles. The molecule has 1 aromatic carbocycles. The Bertz CT molecular complexity index is 528. The zero-order valence-electron chi connectivity index (χ0n) is 13.0. The van der Waals surface area contributed by atoms with Gasteiger partial charge in [-0.2, -0.15) is 0 Å². The Kier molecular flexibility index (Phi) is 4.15. The third-order valence-electron chi connectivity index (χ3n) is 5.10. The average molecular weight is 327 g/mol. The number of nitrogens with zero attached hydrogens (tertiary/aromatic N) is 1. The van der Waals surface area contributed by atoms with Crippen LogP contribution >= 0.6 is 23.2 Å². The molecule has 1 aliphatic carbocycles. The summed E-state index contributed by atoms with van der Waals surface area (Å²) in [5, 5.41) is 5.13. The number of hydrogen-bond acceptors (Lipinski definition) is 2. The largest absolute Gasteiger partial charge is 0.364 e. The second-order valence-corrected chi connectivity index (χ2v) is 7.87. The summed E-state index contributed by atoms with van der Waals surface area (Å²) in [4.78, 5) is 2.48. The Balaban J connectivity index is 1.95. The van der Waals surface area contributed by atoms with Crippen molar-refractivity contribution in [3.63, 3.8) is 0 Å². The lowest BCUT2D eigenvalue weighted by Crippen LogP contribution is -2.65. The minimum atomic E-state index is 0.192. The third-order valence-corrected chi connectivity index (χ3v) is 5.91. The number of halogens is 2. The molecule has 4 heteroatoms. The molecule has 116 valence electrons. The van der Waals surface area contributed by atoms with Crippen molar-refractivity contribution in [3.05, 3.63) is 28.2 Å². The van der Waals surface area contributed by atoms with Gasteiger partial charge in [0.2, 0.25) is 0 Å². The Morgan fingerprint density at radius 2 is 2.00 bits per heavy atom. The molecule has 1 saturated carbocycles. The molecule has 0 amide bonds. The smallest absolute Gasteiger partial charge is 0.0825 e. The Morgan fingerprint density at radius 1 is 1.29 bits per heavy atom. The lowest BCUT2D eigenvalue weighted by Gasteiger charge is -2.49. The molecule has 21 heavy (non-hydrogen) atoms. The highest BCUT2D eigenvalue weighted by atomic mass is 35.5. The van der Waals surface area contributed by atoms with Crippen LogP contribution in [0.2, 0.25) is 10.0 Å². The molecule has 1 aromatic rings. The van der Waals surface area contributed by atoms with Crippen molar-refractivity contribution in [1.29, 1.82) is 0 Å². The minimum absolute atomic E-state index is 0.192. The normalized spacial score (nSPS) is 30.0. The number of benzene rings is 1. The van der Waals surface area contributed by atoms with Gasteiger partial charge in [-0.3, -0.25) is 0 Å². The first-order chi connectivity index (χ1) is 9.92. The fourth-order valence-corrected chi connectivity index (χ4v) is 3.95. The Morgan fingerprint density at radius 3 is 2.62 bits per heavy atom. The van der Waals surface area contributed by atoms with Gasteiger partial charge >= 0.3 is 0 Å². The predicted octanol–water partition coefficient (Wildman–Crippen LogP) is 4.60. The van der Waals surface area contributed by atoms with Crippen LogP contribution in [0.1, 0.15) is 33.6 Å². The highest BCUT2D eigenvalue weighted by Crippen LogP contribution is 2.44. The van der Waals surface area contributed by atoms with Gasteiger partial charge in [0.05, 0.1) is 15.7 Å². The van der Waals surface area contributed by atoms with Crippen LogP contribution in [0, 0.1) is 11.8 Å². The predicted molar refractivity (Wildman–Crippen MR) is 91.6 cm³/mol. The number of rotatable bonds is 3. The fraction of sp³-hybridized carbons (Fsp3) is 0.647. The van der Waals surface area contributed by atoms with Gasteiger partial charge in [0, 0.05) is 24.7 Å². The first-order valence-corrected chi connectivity index (χ1v) is 8.63. The van der Waals surface area contributed by atoms with Gasteiger partial charge in [-0.15, -0.1) is 0 Å². The molecule has 1 aliphatic heterocycles. The van der Waals surface area contributed by atoms with Crippen molar-refractivity contribution in [2.45, 2.75) is 45.2 Å². The van der Waals surface area contributed by atoms with Crippen molar-refractivity contribution in [1.82, 2.24) is 5.32 Å². The maximum atomic E-state index is 6.49. The van der Waals surface area contributed by atoms with Gasteiger partial charge < -0.3 is 10.2 Å². The molecule has 1 saturated heterocycles. The van der Waals surface area contributed by atoms with Crippen LogP contribution in [0.4, 0.5) is 5.69 Å². The van der Waals surface area contributed by atoms with Crippen LogP contribution in [-0.2, 0) is 0 Å². The zero-order valence-corrected chi connectivity index (χ0v) is 14.5. The van der Waals surface area contributed by atoms with E-state index in [2.05, 4.69) is 37.1 Å². The second-order valence-electron chi connectivity index (χ2n) is 7.08. The molecule has 2 atom stereocenters. The summed E-state index contributed by atoms with van der Waals surface area (Å²) in [6, 6.07) is 6.41. The monoisotopic (exact) mass is 326 g/mol. The van der Waals surface area contributed by atoms with E-state index in [9.17, 15) is 0 Å². The summed E-state index contributed by atoms with van der Waals surface area (Å²) in [6.07, 6.45) is 2.68. The zero-order chi connectivity index (χ0) is 15.2. The molecule has 2 nitrogen and oxygen atoms in total. The SMILES string of the molecule is CC(C)C1CNC(C)(C2CC2)CN1c1cccc(Cl)c1Cl.